The van der Waals surface area contributed by atoms with Crippen molar-refractivity contribution >= 4 is 29.1 Å². The molecule has 49 heavy (non-hydrogen) atoms. The number of hydrogen-bond donors (Lipinski definition) is 0. The molecule has 0 saturated heterocycles. The molecule has 0 bridgehead atoms. The van der Waals surface area contributed by atoms with Crippen LogP contribution in [-0.2, 0) is 0 Å². The smallest absolute Gasteiger partial charge is 0.343 e. The summed E-state index contributed by atoms with van der Waals surface area (Å²) in [6.45, 7) is 5.91. The highest BCUT2D eigenvalue weighted by Gasteiger charge is 2.11. The van der Waals surface area contributed by atoms with E-state index in [0.29, 0.717) is 33.6 Å². The fourth-order valence-corrected chi connectivity index (χ4v) is 4.30. The van der Waals surface area contributed by atoms with E-state index in [1.54, 1.807) is 80.9 Å². The van der Waals surface area contributed by atoms with Crippen LogP contribution in [0.5, 0.6) is 17.2 Å². The third-order valence-electron chi connectivity index (χ3n) is 7.19. The monoisotopic (exact) mass is 658 g/mol. The van der Waals surface area contributed by atoms with E-state index in [2.05, 4.69) is 0 Å². The van der Waals surface area contributed by atoms with Gasteiger partial charge in [0.2, 0.25) is 0 Å². The minimum Gasteiger partial charge on any atom is -0.497 e. The van der Waals surface area contributed by atoms with Crippen LogP contribution >= 0.6 is 0 Å². The Balaban J connectivity index is 0.000000207. The zero-order valence-electron chi connectivity index (χ0n) is 28.3. The molecule has 5 aromatic rings. The van der Waals surface area contributed by atoms with E-state index in [1.807, 2.05) is 48.5 Å². The summed E-state index contributed by atoms with van der Waals surface area (Å²) in [5, 5.41) is 0. The van der Waals surface area contributed by atoms with Crippen molar-refractivity contribution in [2.45, 2.75) is 27.7 Å². The van der Waals surface area contributed by atoms with Gasteiger partial charge in [0, 0.05) is 22.3 Å². The van der Waals surface area contributed by atoms with E-state index in [-0.39, 0.29) is 23.1 Å². The number of ether oxygens (including phenoxy) is 3. The zero-order chi connectivity index (χ0) is 35.9. The van der Waals surface area contributed by atoms with Crippen LogP contribution in [0.4, 0.5) is 0 Å². The quantitative estimate of drug-likeness (QED) is 0.0878. The summed E-state index contributed by atoms with van der Waals surface area (Å²) in [5.74, 6) is 1.41. The molecule has 8 nitrogen and oxygen atoms in total. The van der Waals surface area contributed by atoms with Crippen molar-refractivity contribution in [3.8, 4) is 28.4 Å². The molecule has 5 rings (SSSR count). The number of Topliss-reactive ketones (excluding diaryl/α,β-unsaturated/α-hetero) is 4. The second kappa shape index (κ2) is 18.3. The number of ketones is 4. The van der Waals surface area contributed by atoms with Crippen LogP contribution in [0.1, 0.15) is 79.5 Å². The lowest BCUT2D eigenvalue weighted by atomic mass is 10.1. The van der Waals surface area contributed by atoms with Gasteiger partial charge in [-0.15, -0.1) is 0 Å². The lowest BCUT2D eigenvalue weighted by Gasteiger charge is -2.05. The number of carbonyl (C=O) groups is 5. The van der Waals surface area contributed by atoms with Gasteiger partial charge < -0.3 is 14.2 Å². The molecule has 0 amide bonds. The highest BCUT2D eigenvalue weighted by atomic mass is 16.5. The molecular formula is C41H38O8. The van der Waals surface area contributed by atoms with Gasteiger partial charge in [-0.2, -0.15) is 0 Å². The Morgan fingerprint density at radius 3 is 1.06 bits per heavy atom. The maximum Gasteiger partial charge on any atom is 0.343 e. The fraction of sp³-hybridized carbons (Fsp3) is 0.146. The van der Waals surface area contributed by atoms with Gasteiger partial charge in [0.05, 0.1) is 19.8 Å². The summed E-state index contributed by atoms with van der Waals surface area (Å²) in [5.41, 5.74) is 4.93. The van der Waals surface area contributed by atoms with Crippen molar-refractivity contribution in [2.75, 3.05) is 14.2 Å². The number of carbonyl (C=O) groups excluding carboxylic acids is 5. The van der Waals surface area contributed by atoms with Crippen molar-refractivity contribution in [2.24, 2.45) is 0 Å². The molecule has 0 aliphatic heterocycles. The molecule has 0 aromatic heterocycles. The molecule has 0 aliphatic rings. The molecule has 0 heterocycles. The van der Waals surface area contributed by atoms with Gasteiger partial charge in [0.15, 0.2) is 23.1 Å². The first-order valence-corrected chi connectivity index (χ1v) is 15.3. The third-order valence-corrected chi connectivity index (χ3v) is 7.19. The molecule has 8 heteroatoms. The number of benzene rings is 5. The number of rotatable bonds is 9. The molecule has 0 spiro atoms. The van der Waals surface area contributed by atoms with Gasteiger partial charge >= 0.3 is 5.97 Å². The van der Waals surface area contributed by atoms with E-state index in [9.17, 15) is 24.0 Å². The van der Waals surface area contributed by atoms with Gasteiger partial charge in [-0.3, -0.25) is 19.2 Å². The minimum absolute atomic E-state index is 0.0186. The van der Waals surface area contributed by atoms with Crippen molar-refractivity contribution in [1.82, 2.24) is 0 Å². The predicted octanol–water partition coefficient (Wildman–Crippen LogP) is 8.77. The van der Waals surface area contributed by atoms with Crippen LogP contribution in [0.25, 0.3) is 11.1 Å². The molecular weight excluding hydrogens is 620 g/mol. The Hall–Kier alpha value is -6.15. The van der Waals surface area contributed by atoms with E-state index in [4.69, 9.17) is 14.2 Å². The van der Waals surface area contributed by atoms with Gasteiger partial charge in [0.25, 0.3) is 0 Å². The SMILES string of the molecule is CC(=O)c1ccc(C(C)=O)cc1.CC(=O)c1ccc(OC(=O)c2cccc(C(C)=O)c2)cc1.COc1ccc(-c2ccc(OC)cc2)cc1. The molecule has 250 valence electrons. The van der Waals surface area contributed by atoms with Crippen molar-refractivity contribution in [3.63, 3.8) is 0 Å². The van der Waals surface area contributed by atoms with Gasteiger partial charge in [-0.1, -0.05) is 60.7 Å². The predicted molar refractivity (Wildman–Crippen MR) is 189 cm³/mol. The third kappa shape index (κ3) is 11.6. The first kappa shape index (κ1) is 37.3. The van der Waals surface area contributed by atoms with Gasteiger partial charge in [-0.25, -0.2) is 4.79 Å². The maximum absolute atomic E-state index is 12.0. The van der Waals surface area contributed by atoms with Crippen LogP contribution < -0.4 is 14.2 Å². The highest BCUT2D eigenvalue weighted by molar-refractivity contribution is 5.99. The lowest BCUT2D eigenvalue weighted by Crippen LogP contribution is -2.09. The van der Waals surface area contributed by atoms with Crippen molar-refractivity contribution in [1.29, 1.82) is 0 Å². The number of methoxy groups -OCH3 is 2. The largest absolute Gasteiger partial charge is 0.497 e. The fourth-order valence-electron chi connectivity index (χ4n) is 4.30. The van der Waals surface area contributed by atoms with Crippen molar-refractivity contribution < 1.29 is 38.2 Å². The van der Waals surface area contributed by atoms with E-state index in [0.717, 1.165) is 11.5 Å². The van der Waals surface area contributed by atoms with Crippen LogP contribution in [0.3, 0.4) is 0 Å². The van der Waals surface area contributed by atoms with Gasteiger partial charge in [-0.05, 0) is 99.5 Å². The Bertz CT molecular complexity index is 1810. The molecule has 0 N–H and O–H groups in total. The van der Waals surface area contributed by atoms with Crippen LogP contribution in [0.2, 0.25) is 0 Å². The maximum atomic E-state index is 12.0. The van der Waals surface area contributed by atoms with Crippen LogP contribution in [0, 0.1) is 0 Å². The Morgan fingerprint density at radius 1 is 0.388 bits per heavy atom. The molecule has 0 fully saturated rings. The second-order valence-electron chi connectivity index (χ2n) is 10.8. The first-order chi connectivity index (χ1) is 23.4. The Labute approximate surface area is 286 Å². The van der Waals surface area contributed by atoms with E-state index >= 15 is 0 Å². The molecule has 0 aliphatic carbocycles. The Morgan fingerprint density at radius 2 is 0.714 bits per heavy atom. The molecule has 5 aromatic carbocycles. The summed E-state index contributed by atoms with van der Waals surface area (Å²) in [4.78, 5) is 56.1. The van der Waals surface area contributed by atoms with Crippen LogP contribution in [-0.4, -0.2) is 43.3 Å². The topological polar surface area (TPSA) is 113 Å². The van der Waals surface area contributed by atoms with E-state index < -0.39 is 5.97 Å². The second-order valence-corrected chi connectivity index (χ2v) is 10.8. The van der Waals surface area contributed by atoms with Crippen LogP contribution in [0.15, 0.2) is 121 Å². The zero-order valence-corrected chi connectivity index (χ0v) is 28.3. The average Bonchev–Trinajstić information content (AvgIpc) is 3.12. The van der Waals surface area contributed by atoms with E-state index in [1.165, 1.54) is 44.9 Å². The first-order valence-electron chi connectivity index (χ1n) is 15.3. The highest BCUT2D eigenvalue weighted by Crippen LogP contribution is 2.24. The number of esters is 1. The summed E-state index contributed by atoms with van der Waals surface area (Å²) in [6.07, 6.45) is 0. The summed E-state index contributed by atoms with van der Waals surface area (Å²) in [6, 6.07) is 35.3. The standard InChI is InChI=1S/C17H14O4.C14H14O2.C10H10O2/c1-11(18)13-6-8-16(9-7-13)21-17(20)15-5-3-4-14(10-15)12(2)19;1-15-13-7-3-11(4-8-13)12-5-9-14(16-2)10-6-12;1-7(11)9-3-5-10(6-4-9)8(2)12/h3-10H,1-2H3;3-10H,1-2H3;3-6H,1-2H3. The minimum atomic E-state index is -0.548. The summed E-state index contributed by atoms with van der Waals surface area (Å²) in [7, 11) is 3.34. The average molecular weight is 659 g/mol. The summed E-state index contributed by atoms with van der Waals surface area (Å²) >= 11 is 0. The normalized spacial score (nSPS) is 9.84. The summed E-state index contributed by atoms with van der Waals surface area (Å²) < 4.78 is 15.5. The molecule has 0 radical (unpaired) electrons. The number of hydrogen-bond acceptors (Lipinski definition) is 8. The lowest BCUT2D eigenvalue weighted by molar-refractivity contribution is 0.0734. The van der Waals surface area contributed by atoms with Gasteiger partial charge in [0.1, 0.15) is 17.2 Å². The molecule has 0 saturated carbocycles. The molecule has 0 unspecified atom stereocenters. The molecule has 0 atom stereocenters. The van der Waals surface area contributed by atoms with Crippen molar-refractivity contribution in [3.05, 3.63) is 149 Å². The Kier molecular flexibility index (Phi) is 13.9.